The van der Waals surface area contributed by atoms with Crippen LogP contribution >= 0.6 is 0 Å². The van der Waals surface area contributed by atoms with Gasteiger partial charge in [-0.15, -0.1) is 0 Å². The molecule has 0 unspecified atom stereocenters. The number of carbonyl (C=O) groups excluding carboxylic acids is 1. The summed E-state index contributed by atoms with van der Waals surface area (Å²) in [4.78, 5) is 11.9. The Hall–Kier alpha value is -2.32. The minimum atomic E-state index is -3.71. The number of rotatable bonds is 9. The van der Waals surface area contributed by atoms with Gasteiger partial charge >= 0.3 is 0 Å². The molecule has 0 saturated heterocycles. The number of nitrogens with one attached hydrogen (secondary N) is 1. The van der Waals surface area contributed by atoms with Crippen LogP contribution in [0.4, 0.5) is 8.78 Å². The highest BCUT2D eigenvalue weighted by Crippen LogP contribution is 2.15. The fourth-order valence-electron chi connectivity index (χ4n) is 2.45. The fourth-order valence-corrected chi connectivity index (χ4v) is 3.66. The summed E-state index contributed by atoms with van der Waals surface area (Å²) in [6, 6.07) is 10.7. The average molecular weight is 396 g/mol. The first-order chi connectivity index (χ1) is 12.8. The molecule has 0 saturated carbocycles. The first-order valence-electron chi connectivity index (χ1n) is 8.52. The van der Waals surface area contributed by atoms with E-state index < -0.39 is 15.8 Å². The third kappa shape index (κ3) is 6.41. The van der Waals surface area contributed by atoms with Crippen molar-refractivity contribution in [3.63, 3.8) is 0 Å². The van der Waals surface area contributed by atoms with Crippen LogP contribution in [-0.4, -0.2) is 38.8 Å². The summed E-state index contributed by atoms with van der Waals surface area (Å²) in [6.45, 7) is 0.597. The molecule has 0 atom stereocenters. The Kier molecular flexibility index (Phi) is 7.44. The molecule has 1 N–H and O–H groups in total. The lowest BCUT2D eigenvalue weighted by Gasteiger charge is -2.17. The van der Waals surface area contributed by atoms with Gasteiger partial charge in [0.15, 0.2) is 0 Å². The van der Waals surface area contributed by atoms with Crippen LogP contribution in [0.5, 0.6) is 0 Å². The molecule has 27 heavy (non-hydrogen) atoms. The molecule has 0 aliphatic heterocycles. The highest BCUT2D eigenvalue weighted by molar-refractivity contribution is 7.89. The molecule has 146 valence electrons. The third-order valence-corrected chi connectivity index (χ3v) is 5.92. The molecule has 0 fully saturated rings. The summed E-state index contributed by atoms with van der Waals surface area (Å²) in [5.41, 5.74) is 0.918. The summed E-state index contributed by atoms with van der Waals surface area (Å²) >= 11 is 0. The number of amides is 1. The lowest BCUT2D eigenvalue weighted by atomic mass is 10.1. The SMILES string of the molecule is CN(CCCC(=O)NCCc1ccc(F)cc1)S(=O)(=O)c1ccc(F)cc1. The lowest BCUT2D eigenvalue weighted by molar-refractivity contribution is -0.121. The molecular formula is C19H22F2N2O3S. The van der Waals surface area contributed by atoms with Crippen LogP contribution < -0.4 is 5.32 Å². The minimum Gasteiger partial charge on any atom is -0.356 e. The molecule has 2 aromatic carbocycles. The number of hydrogen-bond acceptors (Lipinski definition) is 3. The molecule has 2 rings (SSSR count). The zero-order valence-electron chi connectivity index (χ0n) is 15.0. The standard InChI is InChI=1S/C19H22F2N2O3S/c1-23(27(25,26)18-10-8-17(21)9-11-18)14-2-3-19(24)22-13-12-15-4-6-16(20)7-5-15/h4-11H,2-3,12-14H2,1H3,(H,22,24). The molecule has 0 aliphatic rings. The Morgan fingerprint density at radius 2 is 1.56 bits per heavy atom. The first-order valence-corrected chi connectivity index (χ1v) is 9.96. The van der Waals surface area contributed by atoms with Crippen LogP contribution in [0, 0.1) is 11.6 Å². The van der Waals surface area contributed by atoms with Gasteiger partial charge < -0.3 is 5.32 Å². The van der Waals surface area contributed by atoms with E-state index in [-0.39, 0.29) is 29.6 Å². The van der Waals surface area contributed by atoms with Gasteiger partial charge in [-0.25, -0.2) is 21.5 Å². The van der Waals surface area contributed by atoms with Crippen LogP contribution in [0.3, 0.4) is 0 Å². The van der Waals surface area contributed by atoms with Crippen molar-refractivity contribution in [1.82, 2.24) is 9.62 Å². The zero-order chi connectivity index (χ0) is 19.9. The van der Waals surface area contributed by atoms with Crippen molar-refractivity contribution in [2.24, 2.45) is 0 Å². The van der Waals surface area contributed by atoms with E-state index in [0.717, 1.165) is 22.0 Å². The van der Waals surface area contributed by atoms with Crippen molar-refractivity contribution in [1.29, 1.82) is 0 Å². The largest absolute Gasteiger partial charge is 0.356 e. The van der Waals surface area contributed by atoms with E-state index in [2.05, 4.69) is 5.32 Å². The maximum atomic E-state index is 12.9. The summed E-state index contributed by atoms with van der Waals surface area (Å²) < 4.78 is 51.6. The number of sulfonamides is 1. The van der Waals surface area contributed by atoms with E-state index in [9.17, 15) is 22.0 Å². The second-order valence-corrected chi connectivity index (χ2v) is 8.16. The van der Waals surface area contributed by atoms with Crippen molar-refractivity contribution >= 4 is 15.9 Å². The fraction of sp³-hybridized carbons (Fsp3) is 0.316. The molecule has 0 radical (unpaired) electrons. The van der Waals surface area contributed by atoms with E-state index in [1.165, 1.54) is 31.3 Å². The summed E-state index contributed by atoms with van der Waals surface area (Å²) in [6.07, 6.45) is 1.14. The molecule has 5 nitrogen and oxygen atoms in total. The molecule has 1 amide bonds. The normalized spacial score (nSPS) is 11.6. The van der Waals surface area contributed by atoms with Crippen LogP contribution in [0.1, 0.15) is 18.4 Å². The smallest absolute Gasteiger partial charge is 0.242 e. The lowest BCUT2D eigenvalue weighted by Crippen LogP contribution is -2.30. The van der Waals surface area contributed by atoms with Gasteiger partial charge in [0.25, 0.3) is 0 Å². The topological polar surface area (TPSA) is 66.5 Å². The maximum absolute atomic E-state index is 12.9. The van der Waals surface area contributed by atoms with Crippen molar-refractivity contribution in [3.05, 3.63) is 65.7 Å². The molecule has 0 spiro atoms. The summed E-state index contributed by atoms with van der Waals surface area (Å²) in [5, 5.41) is 2.75. The molecule has 2 aromatic rings. The predicted octanol–water partition coefficient (Wildman–Crippen LogP) is 2.72. The van der Waals surface area contributed by atoms with Crippen LogP contribution in [0.25, 0.3) is 0 Å². The zero-order valence-corrected chi connectivity index (χ0v) is 15.8. The Morgan fingerprint density at radius 1 is 1.00 bits per heavy atom. The van der Waals surface area contributed by atoms with Crippen LogP contribution in [0.2, 0.25) is 0 Å². The van der Waals surface area contributed by atoms with Gasteiger partial charge in [-0.05, 0) is 54.8 Å². The van der Waals surface area contributed by atoms with Crippen molar-refractivity contribution in [3.8, 4) is 0 Å². The molecule has 0 aliphatic carbocycles. The monoisotopic (exact) mass is 396 g/mol. The first kappa shape index (κ1) is 21.0. The van der Waals surface area contributed by atoms with Gasteiger partial charge in [-0.1, -0.05) is 12.1 Å². The molecule has 0 bridgehead atoms. The maximum Gasteiger partial charge on any atom is 0.242 e. The quantitative estimate of drug-likeness (QED) is 0.709. The van der Waals surface area contributed by atoms with Gasteiger partial charge in [0.2, 0.25) is 15.9 Å². The van der Waals surface area contributed by atoms with Crippen molar-refractivity contribution < 1.29 is 22.0 Å². The second-order valence-electron chi connectivity index (χ2n) is 6.11. The molecule has 0 heterocycles. The molecular weight excluding hydrogens is 374 g/mol. The van der Waals surface area contributed by atoms with Gasteiger partial charge in [0, 0.05) is 26.6 Å². The van der Waals surface area contributed by atoms with E-state index in [4.69, 9.17) is 0 Å². The number of nitrogens with zero attached hydrogens (tertiary/aromatic N) is 1. The van der Waals surface area contributed by atoms with Gasteiger partial charge in [0.05, 0.1) is 4.90 Å². The van der Waals surface area contributed by atoms with Gasteiger partial charge in [-0.2, -0.15) is 0 Å². The second kappa shape index (κ2) is 9.57. The van der Waals surface area contributed by atoms with Crippen LogP contribution in [0.15, 0.2) is 53.4 Å². The minimum absolute atomic E-state index is 0.00940. The van der Waals surface area contributed by atoms with Gasteiger partial charge in [0.1, 0.15) is 11.6 Å². The number of hydrogen-bond donors (Lipinski definition) is 1. The van der Waals surface area contributed by atoms with E-state index in [0.29, 0.717) is 19.4 Å². The van der Waals surface area contributed by atoms with Crippen LogP contribution in [-0.2, 0) is 21.2 Å². The molecule has 8 heteroatoms. The highest BCUT2D eigenvalue weighted by Gasteiger charge is 2.20. The van der Waals surface area contributed by atoms with E-state index in [1.807, 2.05) is 0 Å². The van der Waals surface area contributed by atoms with Crippen molar-refractivity contribution in [2.45, 2.75) is 24.2 Å². The molecule has 0 aromatic heterocycles. The number of halogens is 2. The Bertz CT molecular complexity index is 854. The van der Waals surface area contributed by atoms with Crippen molar-refractivity contribution in [2.75, 3.05) is 20.1 Å². The van der Waals surface area contributed by atoms with Gasteiger partial charge in [-0.3, -0.25) is 4.79 Å². The summed E-state index contributed by atoms with van der Waals surface area (Å²) in [5.74, 6) is -0.985. The summed E-state index contributed by atoms with van der Waals surface area (Å²) in [7, 11) is -2.28. The average Bonchev–Trinajstić information content (AvgIpc) is 2.63. The Labute approximate surface area is 158 Å². The predicted molar refractivity (Wildman–Crippen MR) is 98.6 cm³/mol. The van der Waals surface area contributed by atoms with E-state index in [1.54, 1.807) is 12.1 Å². The number of benzene rings is 2. The third-order valence-electron chi connectivity index (χ3n) is 4.05. The Balaban J connectivity index is 1.72. The number of carbonyl (C=O) groups is 1. The highest BCUT2D eigenvalue weighted by atomic mass is 32.2. The Morgan fingerprint density at radius 3 is 2.15 bits per heavy atom. The van der Waals surface area contributed by atoms with E-state index >= 15 is 0 Å².